The van der Waals surface area contributed by atoms with Gasteiger partial charge in [0.05, 0.1) is 0 Å². The molecule has 0 bridgehead atoms. The van der Waals surface area contributed by atoms with Crippen molar-refractivity contribution in [2.24, 2.45) is 5.92 Å². The lowest BCUT2D eigenvalue weighted by atomic mass is 10.1. The van der Waals surface area contributed by atoms with Crippen molar-refractivity contribution in [1.29, 1.82) is 5.41 Å². The van der Waals surface area contributed by atoms with E-state index in [2.05, 4.69) is 18.3 Å². The van der Waals surface area contributed by atoms with Crippen molar-refractivity contribution in [3.05, 3.63) is 11.0 Å². The van der Waals surface area contributed by atoms with Gasteiger partial charge in [0.1, 0.15) is 0 Å². The first-order valence-corrected chi connectivity index (χ1v) is 4.69. The molecule has 0 spiro atoms. The number of nitrogens with one attached hydrogen (secondary N) is 2. The van der Waals surface area contributed by atoms with Gasteiger partial charge in [0.2, 0.25) is 0 Å². The quantitative estimate of drug-likeness (QED) is 0.629. The van der Waals surface area contributed by atoms with Gasteiger partial charge in [0.25, 0.3) is 0 Å². The van der Waals surface area contributed by atoms with Crippen molar-refractivity contribution in [2.75, 3.05) is 13.6 Å². The monoisotopic (exact) mass is 170 g/mol. The first kappa shape index (κ1) is 8.81. The van der Waals surface area contributed by atoms with Gasteiger partial charge >= 0.3 is 0 Å². The zero-order valence-electron chi connectivity index (χ0n) is 6.92. The molecule has 2 N–H and O–H groups in total. The van der Waals surface area contributed by atoms with Gasteiger partial charge in [-0.1, -0.05) is 13.0 Å². The van der Waals surface area contributed by atoms with Crippen molar-refractivity contribution < 1.29 is 0 Å². The molecule has 0 radical (unpaired) electrons. The molecule has 0 fully saturated rings. The largest absolute Gasteiger partial charge is 0.319 e. The molecule has 0 saturated heterocycles. The zero-order valence-corrected chi connectivity index (χ0v) is 7.74. The highest BCUT2D eigenvalue weighted by atomic mass is 32.2. The van der Waals surface area contributed by atoms with Gasteiger partial charge < -0.3 is 10.7 Å². The van der Waals surface area contributed by atoms with Crippen molar-refractivity contribution >= 4 is 18.0 Å². The molecule has 11 heavy (non-hydrogen) atoms. The Balaban J connectivity index is 2.47. The van der Waals surface area contributed by atoms with Crippen LogP contribution < -0.4 is 5.32 Å². The van der Waals surface area contributed by atoms with E-state index in [1.54, 1.807) is 11.8 Å². The Bertz CT molecular complexity index is 177. The lowest BCUT2D eigenvalue weighted by molar-refractivity contribution is 0.637. The van der Waals surface area contributed by atoms with Crippen LogP contribution in [0.15, 0.2) is 11.0 Å². The van der Waals surface area contributed by atoms with E-state index in [1.807, 2.05) is 7.05 Å². The number of hydrogen-bond acceptors (Lipinski definition) is 3. The van der Waals surface area contributed by atoms with Gasteiger partial charge in [0, 0.05) is 22.9 Å². The Kier molecular flexibility index (Phi) is 3.15. The molecule has 2 nitrogen and oxygen atoms in total. The summed E-state index contributed by atoms with van der Waals surface area (Å²) in [6.45, 7) is 3.23. The Labute approximate surface area is 72.0 Å². The van der Waals surface area contributed by atoms with Crippen molar-refractivity contribution in [1.82, 2.24) is 5.32 Å². The van der Waals surface area contributed by atoms with Crippen LogP contribution >= 0.6 is 11.8 Å². The fourth-order valence-electron chi connectivity index (χ4n) is 1.20. The molecular formula is C8H14N2S. The van der Waals surface area contributed by atoms with Crippen LogP contribution in [0.25, 0.3) is 0 Å². The van der Waals surface area contributed by atoms with Crippen molar-refractivity contribution in [2.45, 2.75) is 12.2 Å². The van der Waals surface area contributed by atoms with Crippen LogP contribution in [0.2, 0.25) is 0 Å². The molecule has 3 heteroatoms. The lowest BCUT2D eigenvalue weighted by Crippen LogP contribution is -2.23. The van der Waals surface area contributed by atoms with Crippen molar-refractivity contribution in [3.63, 3.8) is 0 Å². The zero-order chi connectivity index (χ0) is 8.27. The minimum atomic E-state index is 0.601. The van der Waals surface area contributed by atoms with Crippen LogP contribution in [0.5, 0.6) is 0 Å². The van der Waals surface area contributed by atoms with E-state index in [0.29, 0.717) is 11.2 Å². The fourth-order valence-corrected chi connectivity index (χ4v) is 2.45. The van der Waals surface area contributed by atoms with Gasteiger partial charge in [-0.15, -0.1) is 11.8 Å². The number of thioether (sulfide) groups is 1. The third kappa shape index (κ3) is 2.07. The molecule has 2 atom stereocenters. The van der Waals surface area contributed by atoms with Gasteiger partial charge in [-0.05, 0) is 13.0 Å². The molecule has 0 aromatic rings. The molecule has 62 valence electrons. The third-order valence-corrected chi connectivity index (χ3v) is 3.27. The van der Waals surface area contributed by atoms with Crippen LogP contribution in [-0.2, 0) is 0 Å². The molecule has 0 aromatic heterocycles. The topological polar surface area (TPSA) is 35.9 Å². The molecule has 2 unspecified atom stereocenters. The maximum Gasteiger partial charge on any atom is 0.0310 e. The Morgan fingerprint density at radius 1 is 1.82 bits per heavy atom. The van der Waals surface area contributed by atoms with E-state index in [0.717, 1.165) is 11.4 Å². The average molecular weight is 170 g/mol. The van der Waals surface area contributed by atoms with Gasteiger partial charge in [-0.25, -0.2) is 0 Å². The molecule has 1 aliphatic rings. The molecule has 0 aliphatic carbocycles. The summed E-state index contributed by atoms with van der Waals surface area (Å²) in [6.07, 6.45) is 3.61. The van der Waals surface area contributed by atoms with E-state index in [9.17, 15) is 0 Å². The standard InChI is InChI=1S/C8H14N2S/c1-6-3-7(4-9)11-8(6)5-10-2/h3-4,6,8-10H,5H2,1-2H3. The predicted molar refractivity (Wildman–Crippen MR) is 51.3 cm³/mol. The molecule has 1 aliphatic heterocycles. The van der Waals surface area contributed by atoms with Crippen LogP contribution in [0.4, 0.5) is 0 Å². The number of rotatable bonds is 3. The van der Waals surface area contributed by atoms with E-state index in [1.165, 1.54) is 6.21 Å². The molecular weight excluding hydrogens is 156 g/mol. The fraction of sp³-hybridized carbons (Fsp3) is 0.625. The third-order valence-electron chi connectivity index (χ3n) is 1.85. The Morgan fingerprint density at radius 3 is 3.00 bits per heavy atom. The maximum absolute atomic E-state index is 7.08. The molecule has 0 amide bonds. The van der Waals surface area contributed by atoms with Crippen LogP contribution in [0, 0.1) is 11.3 Å². The lowest BCUT2D eigenvalue weighted by Gasteiger charge is -2.12. The average Bonchev–Trinajstić information content (AvgIpc) is 2.33. The Morgan fingerprint density at radius 2 is 2.55 bits per heavy atom. The summed E-state index contributed by atoms with van der Waals surface area (Å²) < 4.78 is 0. The normalized spacial score (nSPS) is 30.2. The summed E-state index contributed by atoms with van der Waals surface area (Å²) in [5.41, 5.74) is 0. The van der Waals surface area contributed by atoms with E-state index in [4.69, 9.17) is 5.41 Å². The summed E-state index contributed by atoms with van der Waals surface area (Å²) in [5, 5.41) is 10.9. The molecule has 1 rings (SSSR count). The van der Waals surface area contributed by atoms with Gasteiger partial charge in [0.15, 0.2) is 0 Å². The highest BCUT2D eigenvalue weighted by molar-refractivity contribution is 8.04. The van der Waals surface area contributed by atoms with Crippen molar-refractivity contribution in [3.8, 4) is 0 Å². The SMILES string of the molecule is CNCC1SC(C=N)=CC1C. The summed E-state index contributed by atoms with van der Waals surface area (Å²) in [4.78, 5) is 1.11. The van der Waals surface area contributed by atoms with Crippen LogP contribution in [-0.4, -0.2) is 25.1 Å². The molecule has 0 aromatic carbocycles. The second-order valence-corrected chi connectivity index (χ2v) is 4.10. The highest BCUT2D eigenvalue weighted by Gasteiger charge is 2.22. The smallest absolute Gasteiger partial charge is 0.0310 e. The first-order chi connectivity index (χ1) is 5.27. The minimum absolute atomic E-state index is 0.601. The second kappa shape index (κ2) is 3.93. The summed E-state index contributed by atoms with van der Waals surface area (Å²) in [5.74, 6) is 0.601. The summed E-state index contributed by atoms with van der Waals surface area (Å²) in [6, 6.07) is 0. The van der Waals surface area contributed by atoms with Crippen LogP contribution in [0.3, 0.4) is 0 Å². The number of hydrogen-bond donors (Lipinski definition) is 2. The maximum atomic E-state index is 7.08. The summed E-state index contributed by atoms with van der Waals surface area (Å²) >= 11 is 1.80. The van der Waals surface area contributed by atoms with E-state index >= 15 is 0 Å². The second-order valence-electron chi connectivity index (χ2n) is 2.79. The summed E-state index contributed by atoms with van der Waals surface area (Å²) in [7, 11) is 1.97. The van der Waals surface area contributed by atoms with Crippen LogP contribution in [0.1, 0.15) is 6.92 Å². The van der Waals surface area contributed by atoms with E-state index in [-0.39, 0.29) is 0 Å². The first-order valence-electron chi connectivity index (χ1n) is 3.81. The van der Waals surface area contributed by atoms with Gasteiger partial charge in [-0.3, -0.25) is 0 Å². The Hall–Kier alpha value is -0.280. The van der Waals surface area contributed by atoms with Gasteiger partial charge in [-0.2, -0.15) is 0 Å². The minimum Gasteiger partial charge on any atom is -0.319 e. The van der Waals surface area contributed by atoms with E-state index < -0.39 is 0 Å². The predicted octanol–water partition coefficient (Wildman–Crippen LogP) is 1.49. The highest BCUT2D eigenvalue weighted by Crippen LogP contribution is 2.34. The number of allylic oxidation sites excluding steroid dienone is 2. The molecule has 1 heterocycles. The molecule has 0 saturated carbocycles.